The topological polar surface area (TPSA) is 40.5 Å². The number of ketones is 1. The van der Waals surface area contributed by atoms with Gasteiger partial charge in [-0.05, 0) is 25.4 Å². The van der Waals surface area contributed by atoms with Gasteiger partial charge in [0.2, 0.25) is 0 Å². The van der Waals surface area contributed by atoms with Crippen LogP contribution in [-0.4, -0.2) is 41.5 Å². The molecule has 0 aromatic carbocycles. The molecule has 0 fully saturated rings. The third-order valence-electron chi connectivity index (χ3n) is 3.30. The average molecular weight is 259 g/mol. The number of Topliss-reactive ketones (excluding diaryl/α,β-unsaturated/α-hetero) is 1. The average Bonchev–Trinajstić information content (AvgIpc) is 2.42. The van der Waals surface area contributed by atoms with Crippen LogP contribution in [0, 0.1) is 5.92 Å². The summed E-state index contributed by atoms with van der Waals surface area (Å²) in [6.45, 7) is 15.4. The van der Waals surface area contributed by atoms with Gasteiger partial charge in [-0.2, -0.15) is 0 Å². The van der Waals surface area contributed by atoms with Crippen molar-refractivity contribution in [2.75, 3.05) is 19.6 Å². The molecular weight excluding hydrogens is 226 g/mol. The Morgan fingerprint density at radius 1 is 1.06 bits per heavy atom. The number of hydrogen-bond acceptors (Lipinski definition) is 3. The minimum Gasteiger partial charge on any atom is -0.393 e. The van der Waals surface area contributed by atoms with Crippen LogP contribution in [0.15, 0.2) is 0 Å². The van der Waals surface area contributed by atoms with Gasteiger partial charge in [-0.25, -0.2) is 0 Å². The summed E-state index contributed by atoms with van der Waals surface area (Å²) in [5.74, 6) is 0.741. The molecule has 1 N–H and O–H groups in total. The Morgan fingerprint density at radius 3 is 1.72 bits per heavy atom. The smallest absolute Gasteiger partial charge is 0.132 e. The highest BCUT2D eigenvalue weighted by atomic mass is 16.3. The highest BCUT2D eigenvalue weighted by Crippen LogP contribution is 2.08. The van der Waals surface area contributed by atoms with Gasteiger partial charge in [0.05, 0.1) is 6.10 Å². The Morgan fingerprint density at radius 2 is 1.50 bits per heavy atom. The summed E-state index contributed by atoms with van der Waals surface area (Å²) in [5, 5.41) is 9.54. The molecule has 2 unspecified atom stereocenters. The normalized spacial score (nSPS) is 13.8. The van der Waals surface area contributed by atoms with Crippen LogP contribution in [0.25, 0.3) is 0 Å². The first-order chi connectivity index (χ1) is 8.46. The second kappa shape index (κ2) is 13.0. The lowest BCUT2D eigenvalue weighted by Gasteiger charge is -2.25. The highest BCUT2D eigenvalue weighted by molar-refractivity contribution is 5.77. The van der Waals surface area contributed by atoms with Crippen LogP contribution in [0.4, 0.5) is 0 Å². The number of carbonyl (C=O) groups is 1. The zero-order valence-corrected chi connectivity index (χ0v) is 13.2. The number of carbonyl (C=O) groups excluding carboxylic acids is 1. The van der Waals surface area contributed by atoms with Crippen LogP contribution >= 0.6 is 0 Å². The molecule has 0 radical (unpaired) electrons. The number of aliphatic hydroxyl groups is 1. The molecule has 0 aliphatic carbocycles. The lowest BCUT2D eigenvalue weighted by molar-refractivity contribution is -0.118. The molecule has 0 aliphatic heterocycles. The molecule has 0 heterocycles. The Bertz CT molecular complexity index is 185. The summed E-state index contributed by atoms with van der Waals surface area (Å²) in [6, 6.07) is 0. The van der Waals surface area contributed by atoms with E-state index in [2.05, 4.69) is 25.7 Å². The Labute approximate surface area is 114 Å². The molecule has 3 heteroatoms. The van der Waals surface area contributed by atoms with Crippen molar-refractivity contribution in [2.45, 2.75) is 66.9 Å². The van der Waals surface area contributed by atoms with Crippen LogP contribution < -0.4 is 0 Å². The second-order valence-corrected chi connectivity index (χ2v) is 4.68. The Hall–Kier alpha value is -0.410. The third-order valence-corrected chi connectivity index (χ3v) is 3.30. The monoisotopic (exact) mass is 259 g/mol. The van der Waals surface area contributed by atoms with E-state index in [1.165, 1.54) is 0 Å². The third kappa shape index (κ3) is 10.7. The number of aliphatic hydroxyl groups excluding tert-OH is 1. The molecule has 2 atom stereocenters. The van der Waals surface area contributed by atoms with E-state index in [0.29, 0.717) is 24.5 Å². The van der Waals surface area contributed by atoms with Crippen molar-refractivity contribution in [3.05, 3.63) is 0 Å². The first kappa shape index (κ1) is 19.9. The van der Waals surface area contributed by atoms with E-state index in [0.717, 1.165) is 26.1 Å². The van der Waals surface area contributed by atoms with Gasteiger partial charge in [0.1, 0.15) is 5.78 Å². The molecule has 3 nitrogen and oxygen atoms in total. The van der Waals surface area contributed by atoms with Crippen molar-refractivity contribution in [1.82, 2.24) is 4.90 Å². The van der Waals surface area contributed by atoms with Crippen molar-refractivity contribution in [3.8, 4) is 0 Å². The van der Waals surface area contributed by atoms with E-state index in [9.17, 15) is 9.90 Å². The van der Waals surface area contributed by atoms with Crippen LogP contribution in [0.5, 0.6) is 0 Å². The molecule has 18 heavy (non-hydrogen) atoms. The molecule has 0 aromatic rings. The molecule has 0 amide bonds. The number of hydrogen-bond donors (Lipinski definition) is 1. The van der Waals surface area contributed by atoms with E-state index < -0.39 is 0 Å². The van der Waals surface area contributed by atoms with E-state index in [-0.39, 0.29) is 6.10 Å². The summed E-state index contributed by atoms with van der Waals surface area (Å²) in [7, 11) is 0. The summed E-state index contributed by atoms with van der Waals surface area (Å²) in [4.78, 5) is 12.5. The van der Waals surface area contributed by atoms with Gasteiger partial charge in [-0.3, -0.25) is 4.79 Å². The molecule has 0 saturated heterocycles. The van der Waals surface area contributed by atoms with Crippen molar-refractivity contribution in [2.24, 2.45) is 5.92 Å². The fourth-order valence-corrected chi connectivity index (χ4v) is 1.66. The van der Waals surface area contributed by atoms with Gasteiger partial charge < -0.3 is 10.0 Å². The maximum Gasteiger partial charge on any atom is 0.132 e. The number of nitrogens with zero attached hydrogens (tertiary/aromatic N) is 1. The lowest BCUT2D eigenvalue weighted by atomic mass is 10.0. The fraction of sp³-hybridized carbons (Fsp3) is 0.933. The van der Waals surface area contributed by atoms with Crippen molar-refractivity contribution < 1.29 is 9.90 Å². The zero-order chi connectivity index (χ0) is 14.6. The van der Waals surface area contributed by atoms with Crippen LogP contribution in [0.1, 0.15) is 60.8 Å². The first-order valence-electron chi connectivity index (χ1n) is 7.38. The summed E-state index contributed by atoms with van der Waals surface area (Å²) in [5.41, 5.74) is 0. The molecule has 0 aliphatic rings. The van der Waals surface area contributed by atoms with Crippen molar-refractivity contribution in [3.63, 3.8) is 0 Å². The van der Waals surface area contributed by atoms with Gasteiger partial charge in [-0.15, -0.1) is 0 Å². The fourth-order valence-electron chi connectivity index (χ4n) is 1.66. The quantitative estimate of drug-likeness (QED) is 0.728. The summed E-state index contributed by atoms with van der Waals surface area (Å²) >= 11 is 0. The maximum absolute atomic E-state index is 10.2. The Kier molecular flexibility index (Phi) is 14.4. The van der Waals surface area contributed by atoms with E-state index in [1.807, 2.05) is 20.8 Å². The molecule has 0 rings (SSSR count). The van der Waals surface area contributed by atoms with Gasteiger partial charge in [0.25, 0.3) is 0 Å². The summed E-state index contributed by atoms with van der Waals surface area (Å²) in [6.07, 6.45) is 2.11. The van der Waals surface area contributed by atoms with Crippen LogP contribution in [0.3, 0.4) is 0 Å². The van der Waals surface area contributed by atoms with Crippen LogP contribution in [-0.2, 0) is 4.79 Å². The zero-order valence-electron chi connectivity index (χ0n) is 13.2. The van der Waals surface area contributed by atoms with Gasteiger partial charge in [0.15, 0.2) is 0 Å². The van der Waals surface area contributed by atoms with Crippen molar-refractivity contribution in [1.29, 1.82) is 0 Å². The molecular formula is C15H33NO2. The predicted molar refractivity (Wildman–Crippen MR) is 78.8 cm³/mol. The largest absolute Gasteiger partial charge is 0.393 e. The first-order valence-corrected chi connectivity index (χ1v) is 7.38. The van der Waals surface area contributed by atoms with E-state index in [1.54, 1.807) is 0 Å². The number of rotatable bonds is 8. The lowest BCUT2D eigenvalue weighted by Crippen LogP contribution is -2.33. The van der Waals surface area contributed by atoms with E-state index in [4.69, 9.17) is 0 Å². The molecule has 110 valence electrons. The molecule has 0 spiro atoms. The van der Waals surface area contributed by atoms with Gasteiger partial charge in [-0.1, -0.05) is 41.5 Å². The minimum atomic E-state index is -0.134. The molecule has 0 aromatic heterocycles. The summed E-state index contributed by atoms with van der Waals surface area (Å²) < 4.78 is 0. The standard InChI is InChI=1S/C10H23NO.C5H10O/c1-5-10(12)9(4)8-11(6-2)7-3;1-3-5(6)4-2/h9-10,12H,5-8H2,1-4H3;3-4H2,1-2H3. The van der Waals surface area contributed by atoms with Gasteiger partial charge in [0, 0.05) is 19.4 Å². The molecule has 0 saturated carbocycles. The second-order valence-electron chi connectivity index (χ2n) is 4.68. The Balaban J connectivity index is 0. The van der Waals surface area contributed by atoms with Crippen molar-refractivity contribution >= 4 is 5.78 Å². The SMILES string of the molecule is CCC(=O)CC.CCC(O)C(C)CN(CC)CC. The van der Waals surface area contributed by atoms with Crippen LogP contribution in [0.2, 0.25) is 0 Å². The van der Waals surface area contributed by atoms with Gasteiger partial charge >= 0.3 is 0 Å². The van der Waals surface area contributed by atoms with E-state index >= 15 is 0 Å². The minimum absolute atomic E-state index is 0.134. The highest BCUT2D eigenvalue weighted by Gasteiger charge is 2.14. The maximum atomic E-state index is 10.2. The predicted octanol–water partition coefficient (Wildman–Crippen LogP) is 3.11. The molecule has 0 bridgehead atoms.